The first-order valence-corrected chi connectivity index (χ1v) is 8.91. The molecule has 1 amide bonds. The van der Waals surface area contributed by atoms with Crippen LogP contribution in [0.4, 0.5) is 5.69 Å². The van der Waals surface area contributed by atoms with Crippen molar-refractivity contribution in [3.63, 3.8) is 0 Å². The molecule has 24 heavy (non-hydrogen) atoms. The van der Waals surface area contributed by atoms with Gasteiger partial charge in [0.15, 0.2) is 0 Å². The number of aryl methyl sites for hydroxylation is 2. The Morgan fingerprint density at radius 3 is 2.29 bits per heavy atom. The highest BCUT2D eigenvalue weighted by Crippen LogP contribution is 2.31. The van der Waals surface area contributed by atoms with Crippen molar-refractivity contribution in [2.75, 3.05) is 12.0 Å². The number of esters is 1. The van der Waals surface area contributed by atoms with E-state index in [1.165, 1.54) is 26.4 Å². The van der Waals surface area contributed by atoms with Gasteiger partial charge in [0.2, 0.25) is 5.91 Å². The van der Waals surface area contributed by atoms with Crippen LogP contribution in [0.5, 0.6) is 0 Å². The number of methoxy groups -OCH3 is 1. The minimum absolute atomic E-state index is 0.0252. The van der Waals surface area contributed by atoms with Gasteiger partial charge >= 0.3 is 5.97 Å². The number of hydrogen-bond acceptors (Lipinski definition) is 3. The van der Waals surface area contributed by atoms with Crippen molar-refractivity contribution in [1.29, 1.82) is 0 Å². The fourth-order valence-electron chi connectivity index (χ4n) is 3.73. The fraction of sp³-hybridized carbons (Fsp3) is 0.600. The molecule has 0 N–H and O–H groups in total. The van der Waals surface area contributed by atoms with E-state index in [-0.39, 0.29) is 11.9 Å². The van der Waals surface area contributed by atoms with Gasteiger partial charge < -0.3 is 4.74 Å². The molecule has 0 heterocycles. The third-order valence-corrected chi connectivity index (χ3v) is 5.07. The van der Waals surface area contributed by atoms with Gasteiger partial charge in [0, 0.05) is 6.42 Å². The molecule has 1 fully saturated rings. The number of nitrogens with zero attached hydrogens (tertiary/aromatic N) is 1. The molecule has 1 aromatic carbocycles. The van der Waals surface area contributed by atoms with E-state index in [1.54, 1.807) is 11.8 Å². The van der Waals surface area contributed by atoms with Crippen molar-refractivity contribution in [1.82, 2.24) is 0 Å². The molecule has 0 unspecified atom stereocenters. The van der Waals surface area contributed by atoms with Crippen molar-refractivity contribution in [2.45, 2.75) is 65.3 Å². The number of anilines is 1. The van der Waals surface area contributed by atoms with Crippen molar-refractivity contribution < 1.29 is 14.3 Å². The number of ether oxygens (including phenoxy) is 1. The number of amides is 1. The van der Waals surface area contributed by atoms with Gasteiger partial charge in [-0.25, -0.2) is 4.79 Å². The molecule has 0 spiro atoms. The number of carbonyl (C=O) groups is 2. The molecule has 0 radical (unpaired) electrons. The Bertz CT molecular complexity index is 570. The average Bonchev–Trinajstić information content (AvgIpc) is 2.57. The maximum atomic E-state index is 13.1. The number of para-hydroxylation sites is 1. The molecule has 0 aromatic heterocycles. The van der Waals surface area contributed by atoms with Crippen molar-refractivity contribution in [3.05, 3.63) is 29.3 Å². The number of rotatable bonds is 5. The summed E-state index contributed by atoms with van der Waals surface area (Å²) in [6.07, 6.45) is 6.40. The molecule has 1 aromatic rings. The Morgan fingerprint density at radius 2 is 1.75 bits per heavy atom. The molecule has 0 saturated heterocycles. The number of benzene rings is 1. The molecule has 1 atom stereocenters. The normalized spacial score (nSPS) is 16.5. The Morgan fingerprint density at radius 1 is 1.17 bits per heavy atom. The smallest absolute Gasteiger partial charge is 0.328 e. The van der Waals surface area contributed by atoms with Crippen LogP contribution in [-0.4, -0.2) is 25.0 Å². The van der Waals surface area contributed by atoms with E-state index in [1.807, 2.05) is 32.0 Å². The standard InChI is InChI=1S/C20H29NO3/c1-14-9-8-10-15(2)19(14)21(16(3)20(23)24-4)18(22)13-17-11-6-5-7-12-17/h8-10,16-17H,5-7,11-13H2,1-4H3/t16-/m0/s1. The first-order valence-electron chi connectivity index (χ1n) is 8.91. The predicted octanol–water partition coefficient (Wildman–Crippen LogP) is 4.17. The SMILES string of the molecule is COC(=O)[C@H](C)N(C(=O)CC1CCCCC1)c1c(C)cccc1C. The highest BCUT2D eigenvalue weighted by molar-refractivity contribution is 6.00. The summed E-state index contributed by atoms with van der Waals surface area (Å²) in [4.78, 5) is 26.9. The zero-order valence-corrected chi connectivity index (χ0v) is 15.3. The predicted molar refractivity (Wildman–Crippen MR) is 96.1 cm³/mol. The van der Waals surface area contributed by atoms with Crippen LogP contribution < -0.4 is 4.90 Å². The van der Waals surface area contributed by atoms with Gasteiger partial charge in [-0.2, -0.15) is 0 Å². The quantitative estimate of drug-likeness (QED) is 0.761. The Kier molecular flexibility index (Phi) is 6.41. The summed E-state index contributed by atoms with van der Waals surface area (Å²) < 4.78 is 4.90. The molecule has 4 heteroatoms. The van der Waals surface area contributed by atoms with E-state index in [0.717, 1.165) is 29.7 Å². The number of carbonyl (C=O) groups excluding carboxylic acids is 2. The Balaban J connectivity index is 2.31. The zero-order chi connectivity index (χ0) is 17.7. The fourth-order valence-corrected chi connectivity index (χ4v) is 3.73. The topological polar surface area (TPSA) is 46.6 Å². The lowest BCUT2D eigenvalue weighted by Crippen LogP contribution is -2.45. The number of hydrogen-bond donors (Lipinski definition) is 0. The zero-order valence-electron chi connectivity index (χ0n) is 15.3. The van der Waals surface area contributed by atoms with Crippen molar-refractivity contribution >= 4 is 17.6 Å². The first kappa shape index (κ1) is 18.5. The molecule has 132 valence electrons. The first-order chi connectivity index (χ1) is 11.5. The second-order valence-electron chi connectivity index (χ2n) is 6.91. The van der Waals surface area contributed by atoms with Gasteiger partial charge in [0.1, 0.15) is 6.04 Å². The van der Waals surface area contributed by atoms with E-state index in [0.29, 0.717) is 12.3 Å². The molecule has 0 bridgehead atoms. The van der Waals surface area contributed by atoms with Crippen LogP contribution in [-0.2, 0) is 14.3 Å². The largest absolute Gasteiger partial charge is 0.467 e. The average molecular weight is 331 g/mol. The van der Waals surface area contributed by atoms with E-state index < -0.39 is 6.04 Å². The van der Waals surface area contributed by atoms with E-state index in [9.17, 15) is 9.59 Å². The molecule has 1 saturated carbocycles. The van der Waals surface area contributed by atoms with Crippen LogP contribution in [0.2, 0.25) is 0 Å². The third-order valence-electron chi connectivity index (χ3n) is 5.07. The van der Waals surface area contributed by atoms with Gasteiger partial charge in [0.05, 0.1) is 12.8 Å². The minimum Gasteiger partial charge on any atom is -0.467 e. The van der Waals surface area contributed by atoms with Crippen LogP contribution in [0, 0.1) is 19.8 Å². The van der Waals surface area contributed by atoms with Crippen LogP contribution in [0.15, 0.2) is 18.2 Å². The molecule has 4 nitrogen and oxygen atoms in total. The van der Waals surface area contributed by atoms with Gasteiger partial charge in [0.25, 0.3) is 0 Å². The van der Waals surface area contributed by atoms with E-state index in [4.69, 9.17) is 4.74 Å². The lowest BCUT2D eigenvalue weighted by molar-refractivity contribution is -0.143. The van der Waals surface area contributed by atoms with Gasteiger partial charge in [-0.05, 0) is 50.7 Å². The lowest BCUT2D eigenvalue weighted by atomic mass is 9.86. The molecule has 1 aliphatic carbocycles. The van der Waals surface area contributed by atoms with E-state index in [2.05, 4.69) is 0 Å². The summed E-state index contributed by atoms with van der Waals surface area (Å²) in [5.74, 6) is 0.0785. The van der Waals surface area contributed by atoms with Crippen LogP contribution in [0.3, 0.4) is 0 Å². The highest BCUT2D eigenvalue weighted by atomic mass is 16.5. The van der Waals surface area contributed by atoms with Crippen LogP contribution in [0.25, 0.3) is 0 Å². The van der Waals surface area contributed by atoms with Gasteiger partial charge in [-0.3, -0.25) is 9.69 Å². The molecule has 1 aliphatic rings. The maximum absolute atomic E-state index is 13.1. The molecular weight excluding hydrogens is 302 g/mol. The highest BCUT2D eigenvalue weighted by Gasteiger charge is 2.31. The van der Waals surface area contributed by atoms with E-state index >= 15 is 0 Å². The monoisotopic (exact) mass is 331 g/mol. The molecular formula is C20H29NO3. The van der Waals surface area contributed by atoms with Crippen LogP contribution >= 0.6 is 0 Å². The second kappa shape index (κ2) is 8.32. The minimum atomic E-state index is -0.620. The van der Waals surface area contributed by atoms with Gasteiger partial charge in [-0.15, -0.1) is 0 Å². The maximum Gasteiger partial charge on any atom is 0.328 e. The second-order valence-corrected chi connectivity index (χ2v) is 6.91. The summed E-state index contributed by atoms with van der Waals surface area (Å²) in [5, 5.41) is 0. The summed E-state index contributed by atoms with van der Waals surface area (Å²) in [7, 11) is 1.37. The van der Waals surface area contributed by atoms with Crippen LogP contribution in [0.1, 0.15) is 56.6 Å². The van der Waals surface area contributed by atoms with Crippen molar-refractivity contribution in [3.8, 4) is 0 Å². The Labute approximate surface area is 145 Å². The molecule has 0 aliphatic heterocycles. The summed E-state index contributed by atoms with van der Waals surface area (Å²) in [6, 6.07) is 5.31. The summed E-state index contributed by atoms with van der Waals surface area (Å²) in [6.45, 7) is 5.71. The summed E-state index contributed by atoms with van der Waals surface area (Å²) >= 11 is 0. The molecule has 2 rings (SSSR count). The van der Waals surface area contributed by atoms with Gasteiger partial charge in [-0.1, -0.05) is 37.5 Å². The third kappa shape index (κ3) is 4.16. The Hall–Kier alpha value is -1.84. The summed E-state index contributed by atoms with van der Waals surface area (Å²) in [5.41, 5.74) is 2.85. The lowest BCUT2D eigenvalue weighted by Gasteiger charge is -2.32. The van der Waals surface area contributed by atoms with Crippen molar-refractivity contribution in [2.24, 2.45) is 5.92 Å².